The Hall–Kier alpha value is -0.890. The Balaban J connectivity index is 3.21. The third kappa shape index (κ3) is 1.57. The van der Waals surface area contributed by atoms with Crippen LogP contribution in [0.1, 0.15) is 5.56 Å². The van der Waals surface area contributed by atoms with E-state index in [0.29, 0.717) is 10.7 Å². The van der Waals surface area contributed by atoms with E-state index in [2.05, 4.69) is 5.32 Å². The maximum absolute atomic E-state index is 5.83. The van der Waals surface area contributed by atoms with E-state index in [1.807, 2.05) is 26.1 Å². The lowest BCUT2D eigenvalue weighted by atomic mass is 10.2. The Labute approximate surface area is 71.4 Å². The highest BCUT2D eigenvalue weighted by Crippen LogP contribution is 2.26. The van der Waals surface area contributed by atoms with Crippen molar-refractivity contribution in [1.82, 2.24) is 0 Å². The summed E-state index contributed by atoms with van der Waals surface area (Å²) in [5.74, 6) is 0. The Kier molecular flexibility index (Phi) is 2.25. The molecule has 0 spiro atoms. The molecule has 60 valence electrons. The number of hydrogen-bond acceptors (Lipinski definition) is 2. The molecule has 0 aliphatic heterocycles. The summed E-state index contributed by atoms with van der Waals surface area (Å²) >= 11 is 5.83. The van der Waals surface area contributed by atoms with Crippen molar-refractivity contribution in [2.45, 2.75) is 6.92 Å². The molecule has 2 nitrogen and oxygen atoms in total. The van der Waals surface area contributed by atoms with Crippen LogP contribution in [0.5, 0.6) is 0 Å². The predicted octanol–water partition coefficient (Wildman–Crippen LogP) is 2.27. The summed E-state index contributed by atoms with van der Waals surface area (Å²) in [6, 6.07) is 3.77. The quantitative estimate of drug-likeness (QED) is 0.635. The van der Waals surface area contributed by atoms with Crippen LogP contribution < -0.4 is 11.1 Å². The van der Waals surface area contributed by atoms with Gasteiger partial charge in [-0.2, -0.15) is 0 Å². The molecule has 0 aliphatic rings. The third-order valence-electron chi connectivity index (χ3n) is 1.63. The highest BCUT2D eigenvalue weighted by Gasteiger charge is 2.00. The van der Waals surface area contributed by atoms with E-state index in [1.165, 1.54) is 0 Å². The average molecular weight is 171 g/mol. The van der Waals surface area contributed by atoms with Gasteiger partial charge in [-0.15, -0.1) is 0 Å². The average Bonchev–Trinajstić information content (AvgIpc) is 1.99. The summed E-state index contributed by atoms with van der Waals surface area (Å²) in [4.78, 5) is 0. The van der Waals surface area contributed by atoms with Crippen LogP contribution in [0.15, 0.2) is 12.1 Å². The molecule has 11 heavy (non-hydrogen) atoms. The van der Waals surface area contributed by atoms with Crippen LogP contribution in [-0.4, -0.2) is 7.05 Å². The largest absolute Gasteiger partial charge is 0.397 e. The zero-order chi connectivity index (χ0) is 8.43. The molecule has 0 unspecified atom stereocenters. The van der Waals surface area contributed by atoms with Gasteiger partial charge in [-0.1, -0.05) is 11.6 Å². The van der Waals surface area contributed by atoms with E-state index in [9.17, 15) is 0 Å². The summed E-state index contributed by atoms with van der Waals surface area (Å²) < 4.78 is 0. The standard InChI is InChI=1S/C8H11ClN2/c1-5-3-6(11-2)4-7(9)8(5)10/h3-4,11H,10H2,1-2H3. The Morgan fingerprint density at radius 3 is 2.55 bits per heavy atom. The zero-order valence-electron chi connectivity index (χ0n) is 6.61. The van der Waals surface area contributed by atoms with Crippen molar-refractivity contribution in [3.05, 3.63) is 22.7 Å². The van der Waals surface area contributed by atoms with E-state index in [0.717, 1.165) is 11.3 Å². The fraction of sp³-hybridized carbons (Fsp3) is 0.250. The molecule has 0 atom stereocenters. The van der Waals surface area contributed by atoms with Crippen molar-refractivity contribution in [1.29, 1.82) is 0 Å². The molecule has 0 saturated heterocycles. The first-order valence-corrected chi connectivity index (χ1v) is 3.76. The Bertz CT molecular complexity index is 248. The van der Waals surface area contributed by atoms with Crippen molar-refractivity contribution in [2.75, 3.05) is 18.1 Å². The van der Waals surface area contributed by atoms with Crippen molar-refractivity contribution in [3.8, 4) is 0 Å². The zero-order valence-corrected chi connectivity index (χ0v) is 7.37. The first-order chi connectivity index (χ1) is 5.15. The highest BCUT2D eigenvalue weighted by atomic mass is 35.5. The van der Waals surface area contributed by atoms with E-state index < -0.39 is 0 Å². The Morgan fingerprint density at radius 2 is 2.09 bits per heavy atom. The summed E-state index contributed by atoms with van der Waals surface area (Å²) in [5.41, 5.74) is 8.29. The maximum Gasteiger partial charge on any atom is 0.0658 e. The number of nitrogen functional groups attached to an aromatic ring is 1. The number of rotatable bonds is 1. The number of nitrogens with two attached hydrogens (primary N) is 1. The summed E-state index contributed by atoms with van der Waals surface area (Å²) in [6.45, 7) is 1.93. The number of benzene rings is 1. The molecule has 1 rings (SSSR count). The molecule has 3 heteroatoms. The van der Waals surface area contributed by atoms with Gasteiger partial charge in [-0.3, -0.25) is 0 Å². The summed E-state index contributed by atoms with van der Waals surface area (Å²) in [7, 11) is 1.85. The number of aryl methyl sites for hydroxylation is 1. The molecule has 0 aromatic heterocycles. The van der Waals surface area contributed by atoms with Crippen LogP contribution in [-0.2, 0) is 0 Å². The van der Waals surface area contributed by atoms with Crippen LogP contribution in [0, 0.1) is 6.92 Å². The molecular formula is C8H11ClN2. The van der Waals surface area contributed by atoms with Gasteiger partial charge in [0, 0.05) is 12.7 Å². The molecule has 0 radical (unpaired) electrons. The smallest absolute Gasteiger partial charge is 0.0658 e. The topological polar surface area (TPSA) is 38.0 Å². The van der Waals surface area contributed by atoms with Gasteiger partial charge in [0.05, 0.1) is 10.7 Å². The minimum atomic E-state index is 0.606. The second-order valence-corrected chi connectivity index (χ2v) is 2.85. The Morgan fingerprint density at radius 1 is 1.45 bits per heavy atom. The number of hydrogen-bond donors (Lipinski definition) is 2. The maximum atomic E-state index is 5.83. The molecule has 0 bridgehead atoms. The second kappa shape index (κ2) is 3.01. The lowest BCUT2D eigenvalue weighted by Gasteiger charge is -2.06. The van der Waals surface area contributed by atoms with Crippen LogP contribution in [0.4, 0.5) is 11.4 Å². The van der Waals surface area contributed by atoms with E-state index in [1.54, 1.807) is 0 Å². The van der Waals surface area contributed by atoms with Crippen LogP contribution in [0.25, 0.3) is 0 Å². The first-order valence-electron chi connectivity index (χ1n) is 3.38. The van der Waals surface area contributed by atoms with Gasteiger partial charge < -0.3 is 11.1 Å². The fourth-order valence-corrected chi connectivity index (χ4v) is 1.17. The first kappa shape index (κ1) is 8.21. The molecule has 0 aliphatic carbocycles. The van der Waals surface area contributed by atoms with Crippen molar-refractivity contribution < 1.29 is 0 Å². The van der Waals surface area contributed by atoms with Crippen LogP contribution in [0.2, 0.25) is 5.02 Å². The normalized spacial score (nSPS) is 9.73. The van der Waals surface area contributed by atoms with E-state index in [4.69, 9.17) is 17.3 Å². The number of anilines is 2. The SMILES string of the molecule is CNc1cc(C)c(N)c(Cl)c1. The second-order valence-electron chi connectivity index (χ2n) is 2.44. The van der Waals surface area contributed by atoms with E-state index in [-0.39, 0.29) is 0 Å². The van der Waals surface area contributed by atoms with E-state index >= 15 is 0 Å². The minimum absolute atomic E-state index is 0.606. The van der Waals surface area contributed by atoms with Crippen molar-refractivity contribution in [3.63, 3.8) is 0 Å². The lowest BCUT2D eigenvalue weighted by molar-refractivity contribution is 1.43. The molecule has 0 fully saturated rings. The molecular weight excluding hydrogens is 160 g/mol. The molecule has 0 heterocycles. The van der Waals surface area contributed by atoms with Gasteiger partial charge in [-0.05, 0) is 24.6 Å². The minimum Gasteiger partial charge on any atom is -0.397 e. The number of halogens is 1. The van der Waals surface area contributed by atoms with Gasteiger partial charge >= 0.3 is 0 Å². The monoisotopic (exact) mass is 170 g/mol. The van der Waals surface area contributed by atoms with Gasteiger partial charge in [0.1, 0.15) is 0 Å². The van der Waals surface area contributed by atoms with Crippen LogP contribution >= 0.6 is 11.6 Å². The molecule has 3 N–H and O–H groups in total. The van der Waals surface area contributed by atoms with Gasteiger partial charge in [0.15, 0.2) is 0 Å². The molecule has 1 aromatic carbocycles. The van der Waals surface area contributed by atoms with Crippen LogP contribution in [0.3, 0.4) is 0 Å². The van der Waals surface area contributed by atoms with Crippen molar-refractivity contribution in [2.24, 2.45) is 0 Å². The molecule has 0 amide bonds. The summed E-state index contributed by atoms with van der Waals surface area (Å²) in [6.07, 6.45) is 0. The predicted molar refractivity (Wildman–Crippen MR) is 50.1 cm³/mol. The summed E-state index contributed by atoms with van der Waals surface area (Å²) in [5, 5.41) is 3.60. The van der Waals surface area contributed by atoms with Crippen molar-refractivity contribution >= 4 is 23.0 Å². The van der Waals surface area contributed by atoms with Gasteiger partial charge in [0.25, 0.3) is 0 Å². The van der Waals surface area contributed by atoms with Gasteiger partial charge in [0.2, 0.25) is 0 Å². The third-order valence-corrected chi connectivity index (χ3v) is 1.94. The highest BCUT2D eigenvalue weighted by molar-refractivity contribution is 6.33. The molecule has 0 saturated carbocycles. The van der Waals surface area contributed by atoms with Gasteiger partial charge in [-0.25, -0.2) is 0 Å². The fourth-order valence-electron chi connectivity index (χ4n) is 0.900. The molecule has 1 aromatic rings. The lowest BCUT2D eigenvalue weighted by Crippen LogP contribution is -1.94. The number of nitrogens with one attached hydrogen (secondary N) is 1.